The minimum absolute atomic E-state index is 0.0370. The number of fused-ring (bicyclic) bond motifs is 1. The molecule has 16 N–H and O–H groups in total. The van der Waals surface area contributed by atoms with E-state index in [0.717, 1.165) is 155 Å². The maximum Gasteiger partial charge on any atom is 0.217 e. The Balaban J connectivity index is 0. The highest BCUT2D eigenvalue weighted by Gasteiger charge is 2.30. The molecule has 848 valence electrons. The van der Waals surface area contributed by atoms with E-state index in [0.29, 0.717) is 95.7 Å². The van der Waals surface area contributed by atoms with Crippen LogP contribution in [0.1, 0.15) is 274 Å². The van der Waals surface area contributed by atoms with Crippen molar-refractivity contribution in [2.45, 2.75) is 353 Å². The predicted molar refractivity (Wildman–Crippen MR) is 636 cm³/mol. The molecule has 0 radical (unpaired) electrons. The molecule has 1 amide bonds. The van der Waals surface area contributed by atoms with Crippen LogP contribution in [0, 0.1) is 34.5 Å². The standard InChI is InChI=1S/C11H25N2.C10H13N3.C9H20N4.C9H19N3.C9H21N2.C8H12N2.C8H17NO.C8H17N.C7H14N2.2C6H11N3.C6H10N2S.C5H12N2.C5H11NO.C5H11N/c1-5-8-13(4)9-6-12(7-10-13)11(2)3;1-7(2)11-10-12-8-5-3-4-6-9(8)13-10;1-8(2)11-9(10)13-6-4-12(3)5-7-13;1-8(2)11-4-6-12(7-5-11)9(3)10;1-9(2)10-5-7-11(3,4)8-6-10;1-7(2)6-8-9-4-3-5-10-8;1-7(2)8-6-9(3)4-5-10-8;1-8(2)9-6-4-3-5-7-9;1-5(2)7-4-8-6(3)9-7;2*1-5(2)9-6-7-3-4-8-6;1-5(2)8-6-7-3-4-9-6;1-4(2)7-5(3)6;1-4(2)6-5(3)7;1-4(2)5(3)6/h11H,5-10H2,1-4H3;3-7H,1-2H3,(H2,11,12,13);8H,4-7H2,1-3H3,(H2,10,11);8,10H,4-7H2,1-3H3;9H,5-8H2,1-4H3;3-5,7H,6H2,1-2H3;7-8H,4-6H2,1-3H3;8H,3-7H2,1-2H3;5,7-9H,3-4H2,1-2H3;2*3-5H,1-2H3,(H2,7,8,9);3-5H,1-2H3,(H,7,8);4H,1-3H3,(H2,6,7);4H,1-3H3,(H,6,7);4,6H,1-3H3/q+1;;;;+1;;;;;;;;;;. The molecule has 2 atom stereocenters. The summed E-state index contributed by atoms with van der Waals surface area (Å²) in [6.45, 7) is 104. The molecule has 35 heteroatoms. The number of likely N-dealkylation sites (N-methyl/N-ethyl adjacent to an activating group) is 4. The molecular formula is C112H224N32O2S+2. The van der Waals surface area contributed by atoms with E-state index in [4.69, 9.17) is 27.0 Å². The number of aromatic nitrogens is 9. The first-order valence-corrected chi connectivity index (χ1v) is 56.1. The summed E-state index contributed by atoms with van der Waals surface area (Å²) in [4.78, 5) is 71.3. The number of piperazine rings is 4. The maximum atomic E-state index is 10.1. The van der Waals surface area contributed by atoms with Gasteiger partial charge in [-0.25, -0.2) is 29.9 Å². The highest BCUT2D eigenvalue weighted by Crippen LogP contribution is 2.19. The lowest BCUT2D eigenvalue weighted by Gasteiger charge is -2.43. The first-order valence-electron chi connectivity index (χ1n) is 55.2. The van der Waals surface area contributed by atoms with Crippen LogP contribution in [0.3, 0.4) is 0 Å². The largest absolute Gasteiger partial charge is 0.388 e. The second kappa shape index (κ2) is 80.3. The van der Waals surface area contributed by atoms with Crippen LogP contribution in [0.15, 0.2) is 101 Å². The van der Waals surface area contributed by atoms with Crippen LogP contribution >= 0.6 is 11.3 Å². The number of H-pyrrole nitrogens is 3. The molecule has 0 spiro atoms. The van der Waals surface area contributed by atoms with Crippen molar-refractivity contribution < 1.29 is 18.5 Å². The number of benzene rings is 1. The van der Waals surface area contributed by atoms with Gasteiger partial charge in [0.05, 0.1) is 95.1 Å². The predicted octanol–water partition coefficient (Wildman–Crippen LogP) is 18.3. The summed E-state index contributed by atoms with van der Waals surface area (Å²) in [5.41, 5.74) is 13.9. The molecule has 6 aromatic rings. The number of anilines is 4. The minimum atomic E-state index is 0.0370. The van der Waals surface area contributed by atoms with Crippen LogP contribution in [0.2, 0.25) is 0 Å². The third-order valence-corrected chi connectivity index (χ3v) is 24.9. The van der Waals surface area contributed by atoms with Crippen molar-refractivity contribution >= 4 is 74.6 Å². The summed E-state index contributed by atoms with van der Waals surface area (Å²) in [5.74, 6) is 8.95. The maximum absolute atomic E-state index is 10.1. The fraction of sp³-hybridized carbons (Fsp3) is 0.759. The van der Waals surface area contributed by atoms with Crippen molar-refractivity contribution in [3.63, 3.8) is 0 Å². The Morgan fingerprint density at radius 3 is 1.33 bits per heavy atom. The van der Waals surface area contributed by atoms with E-state index in [1.807, 2.05) is 105 Å². The van der Waals surface area contributed by atoms with E-state index in [1.54, 1.807) is 61.6 Å². The molecule has 0 aliphatic carbocycles. The molecule has 5 aromatic heterocycles. The molecule has 0 bridgehead atoms. The van der Waals surface area contributed by atoms with E-state index in [2.05, 4.69) is 332 Å². The van der Waals surface area contributed by atoms with Gasteiger partial charge in [-0.3, -0.25) is 34.9 Å². The Labute approximate surface area is 901 Å². The lowest BCUT2D eigenvalue weighted by molar-refractivity contribution is -0.913. The zero-order valence-corrected chi connectivity index (χ0v) is 102. The number of para-hydroxylation sites is 2. The van der Waals surface area contributed by atoms with Crippen LogP contribution in [0.5, 0.6) is 0 Å². The topological polar surface area (TPSA) is 386 Å². The number of morpholine rings is 1. The lowest BCUT2D eigenvalue weighted by Crippen LogP contribution is -2.58. The fourth-order valence-electron chi connectivity index (χ4n) is 15.0. The second-order valence-corrected chi connectivity index (χ2v) is 45.7. The van der Waals surface area contributed by atoms with Crippen LogP contribution in [-0.4, -0.2) is 387 Å². The number of hydrogen-bond donors (Lipinski definition) is 14. The van der Waals surface area contributed by atoms with Gasteiger partial charge in [0.25, 0.3) is 0 Å². The van der Waals surface area contributed by atoms with Gasteiger partial charge in [0, 0.05) is 238 Å². The number of carbonyl (C=O) groups excluding carboxylic acids is 1. The molecule has 147 heavy (non-hydrogen) atoms. The Hall–Kier alpha value is -8.65. The van der Waals surface area contributed by atoms with Gasteiger partial charge in [0.15, 0.2) is 23.0 Å². The van der Waals surface area contributed by atoms with Crippen LogP contribution in [0.4, 0.5) is 23.0 Å². The summed E-state index contributed by atoms with van der Waals surface area (Å²) in [6.07, 6.45) is 19.4. The molecule has 12 heterocycles. The van der Waals surface area contributed by atoms with Crippen molar-refractivity contribution in [2.24, 2.45) is 45.1 Å². The fourth-order valence-corrected chi connectivity index (χ4v) is 15.7. The number of nitrogens with two attached hydrogens (primary N) is 2. The third kappa shape index (κ3) is 75.7. The number of rotatable bonds is 22. The van der Waals surface area contributed by atoms with Gasteiger partial charge >= 0.3 is 0 Å². The van der Waals surface area contributed by atoms with E-state index in [1.165, 1.54) is 114 Å². The molecule has 7 fully saturated rings. The van der Waals surface area contributed by atoms with Gasteiger partial charge in [-0.1, -0.05) is 87.4 Å². The first-order chi connectivity index (χ1) is 68.8. The van der Waals surface area contributed by atoms with Crippen molar-refractivity contribution in [2.75, 3.05) is 207 Å². The quantitative estimate of drug-likeness (QED) is 0.0170. The zero-order chi connectivity index (χ0) is 112. The van der Waals surface area contributed by atoms with E-state index in [9.17, 15) is 4.79 Å². The number of thiazole rings is 1. The SMILES string of the molecule is C=C1NCC(C(C)C)N1.CC(=N)C(C)C.CC(=N)N1CCN(C(C)C)CC1.CC(=O)NC(C)C.CC(C)C1CN(C)CCO1.CC(C)Cc1ncccn1.CC(C)N1CCCCC1.CC(C)N1CC[N+](C)(C)CC1.CC(C)N=C(N)N1CCN(C)CC1.CC(C)Nc1nc2ccccc2[nH]1.CC(C)Nc1ncc[nH]1.CC(C)Nc1ncc[nH]1.CC(C)Nc1nccs1.CC(N)=NC(C)C.CCC[N+]1(C)CCN(C(C)C)CC1. The molecule has 1 aromatic carbocycles. The van der Waals surface area contributed by atoms with E-state index in [-0.39, 0.29) is 11.9 Å². The normalized spacial score (nSPS) is 17.5. The van der Waals surface area contributed by atoms with E-state index < -0.39 is 0 Å². The molecule has 34 nitrogen and oxygen atoms in total. The Morgan fingerprint density at radius 2 is 0.993 bits per heavy atom. The molecule has 0 saturated carbocycles. The Bertz CT molecular complexity index is 4050. The van der Waals surface area contributed by atoms with Crippen molar-refractivity contribution in [3.05, 3.63) is 97.3 Å². The number of likely N-dealkylation sites (tertiary alicyclic amines) is 1. The van der Waals surface area contributed by atoms with Gasteiger partial charge in [-0.15, -0.1) is 11.3 Å². The monoisotopic (exact) mass is 2080 g/mol. The van der Waals surface area contributed by atoms with Crippen molar-refractivity contribution in [3.8, 4) is 0 Å². The summed E-state index contributed by atoms with van der Waals surface area (Å²) in [5, 5.41) is 39.1. The number of guanidine groups is 1. The number of piperidine rings is 1. The van der Waals surface area contributed by atoms with Gasteiger partial charge in [-0.05, 0) is 261 Å². The second-order valence-electron chi connectivity index (χ2n) is 44.8. The number of amides is 1. The van der Waals surface area contributed by atoms with Crippen LogP contribution in [0.25, 0.3) is 11.0 Å². The third-order valence-electron chi connectivity index (χ3n) is 24.2. The number of imidazole rings is 3. The van der Waals surface area contributed by atoms with Gasteiger partial charge in [-0.2, -0.15) is 0 Å². The molecule has 7 aliphatic heterocycles. The number of aromatic amines is 3. The average molecular weight is 2080 g/mol. The molecular weight excluding hydrogens is 1860 g/mol. The number of hydrogen-bond acceptors (Lipinski definition) is 25. The Kier molecular flexibility index (Phi) is 76.7. The minimum Gasteiger partial charge on any atom is -0.388 e. The molecule has 7 aliphatic rings. The number of nitrogens with zero attached hydrogens (tertiary/aromatic N) is 18. The number of aliphatic imine (C=N–C) groups is 2. The summed E-state index contributed by atoms with van der Waals surface area (Å²) in [6, 6.07) is 16.0. The number of carbonyl (C=O) groups is 1. The van der Waals surface area contributed by atoms with E-state index >= 15 is 0 Å². The van der Waals surface area contributed by atoms with Gasteiger partial charge in [0.1, 0.15) is 5.82 Å². The van der Waals surface area contributed by atoms with Crippen molar-refractivity contribution in [1.82, 2.24) is 100 Å². The molecule has 7 saturated heterocycles. The van der Waals surface area contributed by atoms with Crippen LogP contribution in [-0.2, 0) is 16.0 Å². The first kappa shape index (κ1) is 140. The van der Waals surface area contributed by atoms with Crippen molar-refractivity contribution in [1.29, 1.82) is 10.8 Å². The zero-order valence-electron chi connectivity index (χ0n) is 101. The number of quaternary nitrogens is 2. The number of ether oxygens (including phenoxy) is 1. The lowest BCUT2D eigenvalue weighted by atomic mass is 10.1. The summed E-state index contributed by atoms with van der Waals surface area (Å²) >= 11 is 1.63. The Morgan fingerprint density at radius 1 is 0.531 bits per heavy atom. The number of amidine groups is 2. The van der Waals surface area contributed by atoms with Gasteiger partial charge in [0.2, 0.25) is 11.9 Å². The number of nitrogens with one attached hydrogen (secondary N) is 12. The summed E-state index contributed by atoms with van der Waals surface area (Å²) < 4.78 is 8.06. The highest BCUT2D eigenvalue weighted by atomic mass is 32.1. The van der Waals surface area contributed by atoms with Crippen LogP contribution < -0.4 is 48.7 Å². The van der Waals surface area contributed by atoms with Gasteiger partial charge < -0.3 is 107 Å². The summed E-state index contributed by atoms with van der Waals surface area (Å²) in [7, 11) is 11.3. The smallest absolute Gasteiger partial charge is 0.217 e. The highest BCUT2D eigenvalue weighted by molar-refractivity contribution is 7.13. The molecule has 2 unspecified atom stereocenters. The molecule has 13 rings (SSSR count). The average Bonchev–Trinajstić information content (AvgIpc) is 1.82.